The minimum Gasteiger partial charge on any atom is -0.481 e. The van der Waals surface area contributed by atoms with E-state index in [4.69, 9.17) is 4.74 Å². The number of benzene rings is 1. The standard InChI is InChI=1S/C13H18INO2/c1-9(2)8-15-13(16)10(3)17-12-6-4-11(14)5-7-12/h4-7,9-10H,8H2,1-3H3,(H,15,16). The lowest BCUT2D eigenvalue weighted by Gasteiger charge is -2.15. The van der Waals surface area contributed by atoms with Gasteiger partial charge in [-0.25, -0.2) is 0 Å². The molecule has 0 heterocycles. The van der Waals surface area contributed by atoms with Crippen molar-refractivity contribution in [2.24, 2.45) is 5.92 Å². The van der Waals surface area contributed by atoms with Gasteiger partial charge in [-0.1, -0.05) is 13.8 Å². The normalized spacial score (nSPS) is 12.3. The molecule has 0 aliphatic carbocycles. The van der Waals surface area contributed by atoms with Gasteiger partial charge in [0.15, 0.2) is 6.10 Å². The lowest BCUT2D eigenvalue weighted by Crippen LogP contribution is -2.38. The van der Waals surface area contributed by atoms with E-state index in [9.17, 15) is 4.79 Å². The van der Waals surface area contributed by atoms with Crippen molar-refractivity contribution >= 4 is 28.5 Å². The summed E-state index contributed by atoms with van der Waals surface area (Å²) in [6, 6.07) is 7.64. The lowest BCUT2D eigenvalue weighted by molar-refractivity contribution is -0.127. The number of carbonyl (C=O) groups excluding carboxylic acids is 1. The Morgan fingerprint density at radius 2 is 1.88 bits per heavy atom. The minimum absolute atomic E-state index is 0.0720. The zero-order valence-electron chi connectivity index (χ0n) is 10.4. The Kier molecular flexibility index (Phi) is 5.74. The van der Waals surface area contributed by atoms with E-state index in [1.165, 1.54) is 0 Å². The van der Waals surface area contributed by atoms with Crippen LogP contribution in [0.5, 0.6) is 5.75 Å². The van der Waals surface area contributed by atoms with E-state index >= 15 is 0 Å². The molecule has 17 heavy (non-hydrogen) atoms. The Morgan fingerprint density at radius 3 is 2.41 bits per heavy atom. The van der Waals surface area contributed by atoms with Crippen LogP contribution in [0.1, 0.15) is 20.8 Å². The van der Waals surface area contributed by atoms with Gasteiger partial charge in [-0.2, -0.15) is 0 Å². The smallest absolute Gasteiger partial charge is 0.260 e. The van der Waals surface area contributed by atoms with Gasteiger partial charge >= 0.3 is 0 Å². The van der Waals surface area contributed by atoms with E-state index in [1.54, 1.807) is 6.92 Å². The van der Waals surface area contributed by atoms with Crippen LogP contribution in [0.2, 0.25) is 0 Å². The van der Waals surface area contributed by atoms with Gasteiger partial charge in [0.25, 0.3) is 5.91 Å². The maximum Gasteiger partial charge on any atom is 0.260 e. The Labute approximate surface area is 116 Å². The molecule has 0 saturated heterocycles. The lowest BCUT2D eigenvalue weighted by atomic mass is 10.2. The highest BCUT2D eigenvalue weighted by molar-refractivity contribution is 14.1. The molecular weight excluding hydrogens is 329 g/mol. The third kappa shape index (κ3) is 5.39. The summed E-state index contributed by atoms with van der Waals surface area (Å²) in [4.78, 5) is 11.7. The van der Waals surface area contributed by atoms with Crippen molar-refractivity contribution in [1.82, 2.24) is 5.32 Å². The Balaban J connectivity index is 2.45. The molecule has 0 fully saturated rings. The first-order valence-electron chi connectivity index (χ1n) is 5.69. The van der Waals surface area contributed by atoms with Crippen molar-refractivity contribution in [2.75, 3.05) is 6.54 Å². The van der Waals surface area contributed by atoms with Crippen LogP contribution in [0.3, 0.4) is 0 Å². The summed E-state index contributed by atoms with van der Waals surface area (Å²) in [7, 11) is 0. The largest absolute Gasteiger partial charge is 0.481 e. The van der Waals surface area contributed by atoms with Crippen LogP contribution in [0.4, 0.5) is 0 Å². The molecule has 0 aliphatic rings. The molecule has 4 heteroatoms. The van der Waals surface area contributed by atoms with Gasteiger partial charge in [0, 0.05) is 10.1 Å². The summed E-state index contributed by atoms with van der Waals surface area (Å²) < 4.78 is 6.69. The van der Waals surface area contributed by atoms with Gasteiger partial charge in [-0.3, -0.25) is 4.79 Å². The number of nitrogens with one attached hydrogen (secondary N) is 1. The number of hydrogen-bond acceptors (Lipinski definition) is 2. The van der Waals surface area contributed by atoms with E-state index in [2.05, 4.69) is 41.8 Å². The molecule has 0 aromatic heterocycles. The third-order valence-corrected chi connectivity index (χ3v) is 2.90. The van der Waals surface area contributed by atoms with Crippen molar-refractivity contribution in [3.63, 3.8) is 0 Å². The fourth-order valence-electron chi connectivity index (χ4n) is 1.22. The van der Waals surface area contributed by atoms with Gasteiger partial charge < -0.3 is 10.1 Å². The van der Waals surface area contributed by atoms with Crippen molar-refractivity contribution in [3.05, 3.63) is 27.8 Å². The summed E-state index contributed by atoms with van der Waals surface area (Å²) in [5.41, 5.74) is 0. The van der Waals surface area contributed by atoms with Gasteiger partial charge in [0.2, 0.25) is 0 Å². The Morgan fingerprint density at radius 1 is 1.29 bits per heavy atom. The highest BCUT2D eigenvalue weighted by atomic mass is 127. The second-order valence-corrected chi connectivity index (χ2v) is 5.60. The molecule has 1 atom stereocenters. The highest BCUT2D eigenvalue weighted by Crippen LogP contribution is 2.14. The number of ether oxygens (including phenoxy) is 1. The van der Waals surface area contributed by atoms with Crippen molar-refractivity contribution in [2.45, 2.75) is 26.9 Å². The van der Waals surface area contributed by atoms with Crippen molar-refractivity contribution < 1.29 is 9.53 Å². The van der Waals surface area contributed by atoms with Gasteiger partial charge in [-0.15, -0.1) is 0 Å². The zero-order chi connectivity index (χ0) is 12.8. The second-order valence-electron chi connectivity index (χ2n) is 4.35. The predicted molar refractivity (Wildman–Crippen MR) is 77.1 cm³/mol. The molecule has 1 N–H and O–H groups in total. The molecule has 1 amide bonds. The van der Waals surface area contributed by atoms with Gasteiger partial charge in [0.1, 0.15) is 5.75 Å². The fraction of sp³-hybridized carbons (Fsp3) is 0.462. The summed E-state index contributed by atoms with van der Waals surface area (Å²) >= 11 is 2.23. The van der Waals surface area contributed by atoms with Crippen LogP contribution in [-0.2, 0) is 4.79 Å². The van der Waals surface area contributed by atoms with Crippen molar-refractivity contribution in [1.29, 1.82) is 0 Å². The van der Waals surface area contributed by atoms with Crippen LogP contribution >= 0.6 is 22.6 Å². The maximum absolute atomic E-state index is 11.7. The minimum atomic E-state index is -0.464. The van der Waals surface area contributed by atoms with E-state index in [-0.39, 0.29) is 5.91 Å². The maximum atomic E-state index is 11.7. The Bertz CT molecular complexity index is 362. The first kappa shape index (κ1) is 14.3. The molecule has 1 aromatic rings. The fourth-order valence-corrected chi connectivity index (χ4v) is 1.58. The Hall–Kier alpha value is -0.780. The number of carbonyl (C=O) groups is 1. The molecule has 0 aliphatic heterocycles. The van der Waals surface area contributed by atoms with Gasteiger partial charge in [0.05, 0.1) is 0 Å². The molecule has 1 rings (SSSR count). The van der Waals surface area contributed by atoms with E-state index in [0.29, 0.717) is 12.5 Å². The molecule has 3 nitrogen and oxygen atoms in total. The molecule has 0 bridgehead atoms. The van der Waals surface area contributed by atoms with E-state index in [0.717, 1.165) is 9.32 Å². The van der Waals surface area contributed by atoms with Gasteiger partial charge in [-0.05, 0) is 59.7 Å². The molecule has 1 unspecified atom stereocenters. The van der Waals surface area contributed by atoms with Crippen LogP contribution in [0.15, 0.2) is 24.3 Å². The number of halogens is 1. The monoisotopic (exact) mass is 347 g/mol. The molecule has 0 spiro atoms. The third-order valence-electron chi connectivity index (χ3n) is 2.18. The molecule has 0 saturated carbocycles. The van der Waals surface area contributed by atoms with E-state index in [1.807, 2.05) is 24.3 Å². The number of amides is 1. The molecule has 94 valence electrons. The molecular formula is C13H18INO2. The average molecular weight is 347 g/mol. The first-order valence-corrected chi connectivity index (χ1v) is 6.77. The summed E-state index contributed by atoms with van der Waals surface area (Å²) in [5.74, 6) is 1.10. The van der Waals surface area contributed by atoms with E-state index < -0.39 is 6.10 Å². The van der Waals surface area contributed by atoms with Crippen LogP contribution in [0, 0.1) is 9.49 Å². The number of hydrogen-bond donors (Lipinski definition) is 1. The second kappa shape index (κ2) is 6.83. The topological polar surface area (TPSA) is 38.3 Å². The van der Waals surface area contributed by atoms with Crippen molar-refractivity contribution in [3.8, 4) is 5.75 Å². The van der Waals surface area contributed by atoms with Crippen LogP contribution in [-0.4, -0.2) is 18.6 Å². The summed E-state index contributed by atoms with van der Waals surface area (Å²) in [6.07, 6.45) is -0.464. The van der Waals surface area contributed by atoms with Crippen LogP contribution < -0.4 is 10.1 Å². The summed E-state index contributed by atoms with van der Waals surface area (Å²) in [6.45, 7) is 6.56. The summed E-state index contributed by atoms with van der Waals surface area (Å²) in [5, 5.41) is 2.85. The number of rotatable bonds is 5. The molecule has 1 aromatic carbocycles. The average Bonchev–Trinajstić information content (AvgIpc) is 2.28. The zero-order valence-corrected chi connectivity index (χ0v) is 12.5. The first-order chi connectivity index (χ1) is 7.99. The predicted octanol–water partition coefficient (Wildman–Crippen LogP) is 2.83. The SMILES string of the molecule is CC(C)CNC(=O)C(C)Oc1ccc(I)cc1. The van der Waals surface area contributed by atoms with Crippen LogP contribution in [0.25, 0.3) is 0 Å². The highest BCUT2D eigenvalue weighted by Gasteiger charge is 2.14. The quantitative estimate of drug-likeness (QED) is 0.832. The molecule has 0 radical (unpaired) electrons.